The Morgan fingerprint density at radius 1 is 1.33 bits per heavy atom. The second kappa shape index (κ2) is 11.1. The molecule has 3 rings (SSSR count). The number of hydrogen-bond donors (Lipinski definition) is 2. The molecule has 1 aromatic carbocycles. The van der Waals surface area contributed by atoms with Crippen LogP contribution in [0, 0.1) is 11.8 Å². The van der Waals surface area contributed by atoms with E-state index in [1.165, 1.54) is 6.92 Å². The van der Waals surface area contributed by atoms with Crippen molar-refractivity contribution in [2.45, 2.75) is 62.6 Å². The normalized spacial score (nSPS) is 22.3. The lowest BCUT2D eigenvalue weighted by Crippen LogP contribution is -2.52. The molecule has 1 fully saturated rings. The molecule has 0 aliphatic carbocycles. The number of oxime groups is 1. The minimum absolute atomic E-state index is 0.0194. The molecule has 33 heavy (non-hydrogen) atoms. The van der Waals surface area contributed by atoms with Crippen LogP contribution in [-0.2, 0) is 29.0 Å². The van der Waals surface area contributed by atoms with Crippen molar-refractivity contribution in [2.24, 2.45) is 5.16 Å². The average molecular weight is 479 g/mol. The zero-order valence-corrected chi connectivity index (χ0v) is 19.7. The van der Waals surface area contributed by atoms with Crippen LogP contribution in [0.3, 0.4) is 0 Å². The summed E-state index contributed by atoms with van der Waals surface area (Å²) in [6.07, 6.45) is 3.02. The Morgan fingerprint density at radius 2 is 2.09 bits per heavy atom. The van der Waals surface area contributed by atoms with Gasteiger partial charge in [-0.1, -0.05) is 29.1 Å². The van der Waals surface area contributed by atoms with Crippen LogP contribution >= 0.6 is 0 Å². The fourth-order valence-electron chi connectivity index (χ4n) is 3.55. The van der Waals surface area contributed by atoms with E-state index in [0.717, 1.165) is 30.2 Å². The first-order chi connectivity index (χ1) is 15.7. The quantitative estimate of drug-likeness (QED) is 0.430. The Kier molecular flexibility index (Phi) is 8.48. The minimum Gasteiger partial charge on any atom is -0.395 e. The van der Waals surface area contributed by atoms with E-state index in [1.54, 1.807) is 0 Å². The maximum absolute atomic E-state index is 12.8. The molecule has 3 atom stereocenters. The highest BCUT2D eigenvalue weighted by molar-refractivity contribution is 7.92. The van der Waals surface area contributed by atoms with Crippen molar-refractivity contribution in [3.63, 3.8) is 0 Å². The first-order valence-corrected chi connectivity index (χ1v) is 12.8. The topological polar surface area (TPSA) is 124 Å². The van der Waals surface area contributed by atoms with Gasteiger partial charge in [-0.05, 0) is 37.5 Å². The molecule has 0 saturated carbocycles. The van der Waals surface area contributed by atoms with Crippen LogP contribution in [0.5, 0.6) is 0 Å². The summed E-state index contributed by atoms with van der Waals surface area (Å²) >= 11 is 0. The van der Waals surface area contributed by atoms with Gasteiger partial charge in [0.15, 0.2) is 20.9 Å². The molecule has 2 aliphatic heterocycles. The number of aliphatic hydroxyl groups excluding tert-OH is 1. The molecule has 2 aliphatic rings. The van der Waals surface area contributed by atoms with Crippen molar-refractivity contribution >= 4 is 21.5 Å². The highest BCUT2D eigenvalue weighted by Gasteiger charge is 2.47. The van der Waals surface area contributed by atoms with Crippen LogP contribution in [0.4, 0.5) is 0 Å². The van der Waals surface area contributed by atoms with E-state index >= 15 is 0 Å². The minimum atomic E-state index is -3.80. The van der Waals surface area contributed by atoms with E-state index in [4.69, 9.17) is 19.5 Å². The maximum Gasteiger partial charge on any atom is 0.264 e. The van der Waals surface area contributed by atoms with E-state index in [0.29, 0.717) is 31.6 Å². The van der Waals surface area contributed by atoms with Gasteiger partial charge in [-0.3, -0.25) is 4.79 Å². The van der Waals surface area contributed by atoms with Gasteiger partial charge < -0.3 is 14.7 Å². The Bertz CT molecular complexity index is 1020. The number of sulfone groups is 1. The summed E-state index contributed by atoms with van der Waals surface area (Å²) < 4.78 is 28.8. The highest BCUT2D eigenvalue weighted by atomic mass is 32.2. The largest absolute Gasteiger partial charge is 0.395 e. The number of hydroxylamine groups is 1. The second-order valence-electron chi connectivity index (χ2n) is 8.37. The van der Waals surface area contributed by atoms with E-state index in [-0.39, 0.29) is 13.0 Å². The monoisotopic (exact) mass is 478 g/mol. The maximum atomic E-state index is 12.8. The zero-order valence-electron chi connectivity index (χ0n) is 18.9. The zero-order chi connectivity index (χ0) is 23.9. The predicted molar refractivity (Wildman–Crippen MR) is 122 cm³/mol. The SMILES string of the molecule is CC(CC1CC(c2ccc(C#CCCO)cc2)=NO1)(C(=O)NOC1CCCCO1)S(C)(=O)=O. The van der Waals surface area contributed by atoms with Crippen LogP contribution < -0.4 is 5.48 Å². The van der Waals surface area contributed by atoms with Gasteiger partial charge in [0.1, 0.15) is 6.10 Å². The van der Waals surface area contributed by atoms with Gasteiger partial charge in [0.25, 0.3) is 5.91 Å². The van der Waals surface area contributed by atoms with Crippen LogP contribution in [-0.4, -0.2) is 61.8 Å². The summed E-state index contributed by atoms with van der Waals surface area (Å²) in [5, 5.41) is 12.9. The molecule has 3 unspecified atom stereocenters. The summed E-state index contributed by atoms with van der Waals surface area (Å²) in [6.45, 7) is 1.92. The van der Waals surface area contributed by atoms with Gasteiger partial charge in [0, 0.05) is 44.1 Å². The fraction of sp³-hybridized carbons (Fsp3) is 0.565. The Balaban J connectivity index is 1.61. The number of benzene rings is 1. The fourth-order valence-corrected chi connectivity index (χ4v) is 4.42. The lowest BCUT2D eigenvalue weighted by Gasteiger charge is -2.29. The Hall–Kier alpha value is -2.45. The van der Waals surface area contributed by atoms with Gasteiger partial charge in [-0.25, -0.2) is 18.7 Å². The summed E-state index contributed by atoms with van der Waals surface area (Å²) in [5.41, 5.74) is 4.58. The van der Waals surface area contributed by atoms with Gasteiger partial charge in [-0.2, -0.15) is 0 Å². The number of carbonyl (C=O) groups excluding carboxylic acids is 1. The van der Waals surface area contributed by atoms with Crippen LogP contribution in [0.15, 0.2) is 29.4 Å². The predicted octanol–water partition coefficient (Wildman–Crippen LogP) is 1.68. The molecule has 2 N–H and O–H groups in total. The molecule has 0 aromatic heterocycles. The molecule has 9 nitrogen and oxygen atoms in total. The second-order valence-corrected chi connectivity index (χ2v) is 10.8. The third-order valence-electron chi connectivity index (χ3n) is 5.76. The molecule has 2 heterocycles. The third-order valence-corrected chi connectivity index (χ3v) is 7.75. The average Bonchev–Trinajstić information content (AvgIpc) is 3.26. The van der Waals surface area contributed by atoms with E-state index in [9.17, 15) is 13.2 Å². The van der Waals surface area contributed by atoms with Crippen molar-refractivity contribution in [1.82, 2.24) is 5.48 Å². The standard InChI is InChI=1S/C23H30N2O7S/c1-23(33(2,28)29,22(27)25-32-21-8-4-6-14-30-21)16-19-15-20(24-31-19)18-11-9-17(10-12-18)7-3-5-13-26/h9-12,19,21,26H,4-6,8,13-16H2,1-2H3,(H,25,27). The van der Waals surface area contributed by atoms with Gasteiger partial charge in [-0.15, -0.1) is 0 Å². The number of amides is 1. The number of hydrogen-bond acceptors (Lipinski definition) is 8. The Labute approximate surface area is 194 Å². The smallest absolute Gasteiger partial charge is 0.264 e. The molecule has 10 heteroatoms. The molecular formula is C23H30N2O7S. The first kappa shape index (κ1) is 25.2. The molecule has 180 valence electrons. The van der Waals surface area contributed by atoms with Crippen LogP contribution in [0.1, 0.15) is 56.6 Å². The highest BCUT2D eigenvalue weighted by Crippen LogP contribution is 2.29. The summed E-state index contributed by atoms with van der Waals surface area (Å²) in [6, 6.07) is 7.39. The van der Waals surface area contributed by atoms with Crippen LogP contribution in [0.2, 0.25) is 0 Å². The van der Waals surface area contributed by atoms with E-state index < -0.39 is 32.9 Å². The van der Waals surface area contributed by atoms with Gasteiger partial charge in [0.05, 0.1) is 12.3 Å². The van der Waals surface area contributed by atoms with Crippen molar-refractivity contribution in [1.29, 1.82) is 0 Å². The van der Waals surface area contributed by atoms with Gasteiger partial charge in [0.2, 0.25) is 0 Å². The van der Waals surface area contributed by atoms with Gasteiger partial charge >= 0.3 is 0 Å². The lowest BCUT2D eigenvalue weighted by atomic mass is 9.96. The molecule has 1 saturated heterocycles. The van der Waals surface area contributed by atoms with Crippen LogP contribution in [0.25, 0.3) is 0 Å². The molecule has 0 bridgehead atoms. The number of rotatable bonds is 8. The number of carbonyl (C=O) groups is 1. The summed E-state index contributed by atoms with van der Waals surface area (Å²) in [7, 11) is -3.80. The molecule has 0 spiro atoms. The molecule has 0 radical (unpaired) electrons. The number of ether oxygens (including phenoxy) is 1. The number of nitrogens with one attached hydrogen (secondary N) is 1. The van der Waals surface area contributed by atoms with E-state index in [2.05, 4.69) is 22.5 Å². The van der Waals surface area contributed by atoms with Crippen molar-refractivity contribution < 1.29 is 32.7 Å². The summed E-state index contributed by atoms with van der Waals surface area (Å²) in [5.74, 6) is 5.05. The first-order valence-electron chi connectivity index (χ1n) is 10.9. The molecule has 1 amide bonds. The molecule has 1 aromatic rings. The van der Waals surface area contributed by atoms with Crippen molar-refractivity contribution in [2.75, 3.05) is 19.5 Å². The third kappa shape index (κ3) is 6.54. The lowest BCUT2D eigenvalue weighted by molar-refractivity contribution is -0.201. The Morgan fingerprint density at radius 3 is 2.73 bits per heavy atom. The van der Waals surface area contributed by atoms with Crippen molar-refractivity contribution in [3.05, 3.63) is 35.4 Å². The van der Waals surface area contributed by atoms with E-state index in [1.807, 2.05) is 24.3 Å². The molecular weight excluding hydrogens is 448 g/mol. The number of aliphatic hydroxyl groups is 1. The van der Waals surface area contributed by atoms with Crippen molar-refractivity contribution in [3.8, 4) is 11.8 Å². The number of nitrogens with zero attached hydrogens (tertiary/aromatic N) is 1. The summed E-state index contributed by atoms with van der Waals surface area (Å²) in [4.78, 5) is 23.6.